The average Bonchev–Trinajstić information content (AvgIpc) is 3.60. The van der Waals surface area contributed by atoms with E-state index in [2.05, 4.69) is 64.0 Å². The monoisotopic (exact) mass is 676 g/mol. The molecule has 1 atom stereocenters. The summed E-state index contributed by atoms with van der Waals surface area (Å²) in [6.45, 7) is 19.6. The van der Waals surface area contributed by atoms with Crippen LogP contribution in [-0.4, -0.2) is 90.2 Å². The van der Waals surface area contributed by atoms with Gasteiger partial charge in [0.25, 0.3) is 0 Å². The van der Waals surface area contributed by atoms with Crippen molar-refractivity contribution in [2.45, 2.75) is 96.7 Å². The molecule has 9 heteroatoms. The molecule has 8 rings (SSSR count). The van der Waals surface area contributed by atoms with Crippen LogP contribution in [0.5, 0.6) is 0 Å². The van der Waals surface area contributed by atoms with E-state index in [9.17, 15) is 14.9 Å². The number of fused-ring (bicyclic) bond motifs is 4. The van der Waals surface area contributed by atoms with Crippen LogP contribution in [0, 0.1) is 22.7 Å². The fourth-order valence-corrected chi connectivity index (χ4v) is 9.44. The summed E-state index contributed by atoms with van der Waals surface area (Å²) >= 11 is 0. The molecule has 2 aliphatic heterocycles. The summed E-state index contributed by atoms with van der Waals surface area (Å²) in [7, 11) is 0. The molecule has 264 valence electrons. The molecule has 0 bridgehead atoms. The van der Waals surface area contributed by atoms with Crippen molar-refractivity contribution >= 4 is 28.5 Å². The summed E-state index contributed by atoms with van der Waals surface area (Å²) in [5.41, 5.74) is 6.91. The summed E-state index contributed by atoms with van der Waals surface area (Å²) in [4.78, 5) is 38.0. The van der Waals surface area contributed by atoms with Crippen molar-refractivity contribution in [3.8, 4) is 6.07 Å². The maximum atomic E-state index is 14.1. The van der Waals surface area contributed by atoms with Gasteiger partial charge in [-0.3, -0.25) is 14.6 Å². The number of alkyl carbamates (subject to hydrolysis) is 1. The van der Waals surface area contributed by atoms with Crippen LogP contribution in [0.3, 0.4) is 0 Å². The number of aryl methyl sites for hydroxylation is 1. The highest BCUT2D eigenvalue weighted by molar-refractivity contribution is 6.20. The second-order valence-corrected chi connectivity index (χ2v) is 17.4. The smallest absolute Gasteiger partial charge is 0.407 e. The van der Waals surface area contributed by atoms with Crippen molar-refractivity contribution in [2.75, 3.05) is 50.7 Å². The number of H-pyrrole nitrogens is 1. The Balaban J connectivity index is 0.894. The molecular formula is C41H52N6O3. The molecule has 2 saturated heterocycles. The van der Waals surface area contributed by atoms with Gasteiger partial charge in [-0.05, 0) is 94.2 Å². The molecule has 1 spiro atoms. The van der Waals surface area contributed by atoms with Crippen LogP contribution in [0.25, 0.3) is 10.9 Å². The van der Waals surface area contributed by atoms with Gasteiger partial charge >= 0.3 is 6.09 Å². The van der Waals surface area contributed by atoms with Crippen molar-refractivity contribution in [3.63, 3.8) is 0 Å². The van der Waals surface area contributed by atoms with Gasteiger partial charge in [-0.25, -0.2) is 4.79 Å². The minimum atomic E-state index is -0.476. The minimum Gasteiger partial charge on any atom is -0.444 e. The Morgan fingerprint density at radius 2 is 1.84 bits per heavy atom. The lowest BCUT2D eigenvalue weighted by molar-refractivity contribution is 0.0480. The lowest BCUT2D eigenvalue weighted by Gasteiger charge is -2.45. The highest BCUT2D eigenvalue weighted by atomic mass is 16.6. The second-order valence-electron chi connectivity index (χ2n) is 17.4. The molecule has 0 unspecified atom stereocenters. The van der Waals surface area contributed by atoms with Gasteiger partial charge < -0.3 is 19.9 Å². The van der Waals surface area contributed by atoms with Crippen molar-refractivity contribution in [2.24, 2.45) is 11.3 Å². The fraction of sp³-hybridized carbons (Fsp3) is 0.585. The highest BCUT2D eigenvalue weighted by Gasteiger charge is 2.57. The molecule has 4 fully saturated rings. The average molecular weight is 677 g/mol. The molecule has 3 aromatic rings. The predicted octanol–water partition coefficient (Wildman–Crippen LogP) is 6.36. The molecule has 2 aromatic carbocycles. The third-order valence-corrected chi connectivity index (χ3v) is 12.5. The molecule has 1 amide bonds. The number of nitrogens with zero attached hydrogens (tertiary/aromatic N) is 4. The van der Waals surface area contributed by atoms with Gasteiger partial charge in [0.1, 0.15) is 5.60 Å². The maximum absolute atomic E-state index is 14.1. The van der Waals surface area contributed by atoms with Gasteiger partial charge in [-0.2, -0.15) is 5.26 Å². The number of hydrogen-bond donors (Lipinski definition) is 2. The maximum Gasteiger partial charge on any atom is 0.407 e. The van der Waals surface area contributed by atoms with E-state index < -0.39 is 5.60 Å². The zero-order chi connectivity index (χ0) is 35.2. The third kappa shape index (κ3) is 5.69. The van der Waals surface area contributed by atoms with E-state index in [0.29, 0.717) is 11.6 Å². The number of amides is 1. The largest absolute Gasteiger partial charge is 0.444 e. The normalized spacial score (nSPS) is 25.6. The van der Waals surface area contributed by atoms with E-state index >= 15 is 0 Å². The van der Waals surface area contributed by atoms with Crippen LogP contribution in [0.4, 0.5) is 10.5 Å². The van der Waals surface area contributed by atoms with Gasteiger partial charge in [-0.1, -0.05) is 26.8 Å². The predicted molar refractivity (Wildman–Crippen MR) is 196 cm³/mol. The lowest BCUT2D eigenvalue weighted by Crippen LogP contribution is -2.52. The molecule has 3 aliphatic carbocycles. The summed E-state index contributed by atoms with van der Waals surface area (Å²) in [6, 6.07) is 13.1. The molecule has 1 aromatic heterocycles. The summed E-state index contributed by atoms with van der Waals surface area (Å²) < 4.78 is 5.57. The molecule has 5 aliphatic rings. The first-order chi connectivity index (χ1) is 23.8. The van der Waals surface area contributed by atoms with E-state index in [1.165, 1.54) is 36.9 Å². The number of ether oxygens (including phenoxy) is 1. The van der Waals surface area contributed by atoms with Crippen LogP contribution in [0.1, 0.15) is 106 Å². The number of ketones is 1. The van der Waals surface area contributed by atoms with Crippen molar-refractivity contribution < 1.29 is 14.3 Å². The zero-order valence-electron chi connectivity index (χ0n) is 30.6. The number of anilines is 1. The van der Waals surface area contributed by atoms with Gasteiger partial charge in [0.05, 0.1) is 23.2 Å². The Hall–Kier alpha value is -3.87. The minimum absolute atomic E-state index is 0.0752. The van der Waals surface area contributed by atoms with Crippen LogP contribution in [0.2, 0.25) is 0 Å². The highest BCUT2D eigenvalue weighted by Crippen LogP contribution is 2.54. The Kier molecular flexibility index (Phi) is 7.89. The van der Waals surface area contributed by atoms with E-state index in [0.717, 1.165) is 91.4 Å². The number of nitriles is 1. The molecular weight excluding hydrogens is 624 g/mol. The topological polar surface area (TPSA) is 105 Å². The van der Waals surface area contributed by atoms with Crippen LogP contribution >= 0.6 is 0 Å². The number of carbonyl (C=O) groups is 2. The summed E-state index contributed by atoms with van der Waals surface area (Å²) in [5.74, 6) is 0.808. The first kappa shape index (κ1) is 33.3. The Morgan fingerprint density at radius 3 is 2.50 bits per heavy atom. The molecule has 9 nitrogen and oxygen atoms in total. The number of rotatable bonds is 6. The quantitative estimate of drug-likeness (QED) is 0.313. The first-order valence-corrected chi connectivity index (χ1v) is 18.8. The van der Waals surface area contributed by atoms with Crippen molar-refractivity contribution in [1.29, 1.82) is 5.26 Å². The third-order valence-electron chi connectivity index (χ3n) is 12.5. The van der Waals surface area contributed by atoms with E-state index in [1.54, 1.807) is 6.07 Å². The zero-order valence-corrected chi connectivity index (χ0v) is 30.6. The van der Waals surface area contributed by atoms with E-state index in [1.807, 2.05) is 32.9 Å². The summed E-state index contributed by atoms with van der Waals surface area (Å²) in [6.07, 6.45) is 5.50. The number of piperazine rings is 1. The Bertz CT molecular complexity index is 1900. The number of likely N-dealkylation sites (tertiary alicyclic amines) is 1. The molecule has 50 heavy (non-hydrogen) atoms. The Morgan fingerprint density at radius 1 is 1.10 bits per heavy atom. The van der Waals surface area contributed by atoms with E-state index in [4.69, 9.17) is 4.74 Å². The number of aromatic nitrogens is 1. The lowest BCUT2D eigenvalue weighted by atomic mass is 9.70. The number of aromatic amines is 1. The van der Waals surface area contributed by atoms with Gasteiger partial charge in [-0.15, -0.1) is 0 Å². The Labute approximate surface area is 296 Å². The summed E-state index contributed by atoms with van der Waals surface area (Å²) in [5, 5.41) is 13.6. The fourth-order valence-electron chi connectivity index (χ4n) is 9.44. The van der Waals surface area contributed by atoms with Gasteiger partial charge in [0, 0.05) is 90.5 Å². The molecule has 3 heterocycles. The number of carbonyl (C=O) groups excluding carboxylic acids is 2. The molecule has 0 radical (unpaired) electrons. The van der Waals surface area contributed by atoms with E-state index in [-0.39, 0.29) is 28.7 Å². The second kappa shape index (κ2) is 11.8. The molecule has 2 N–H and O–H groups in total. The first-order valence-electron chi connectivity index (χ1n) is 18.8. The standard InChI is InChI=1S/C41H52N6O3/c1-7-27-19-30-31(40(5,6)37-35(36(30)48)29-9-8-25(21-42)18-32(29)43-37)20-33(27)46-14-12-45(13-15-46)22-26-16-28(17-26)47-23-34(41(24-47)10-11-41)44-38(49)50-39(2,3)4/h8-9,18-20,26,28,34,43H,7,10-17,22-24H2,1-6H3,(H,44,49)/t26?,28?,34-/m0/s1. The SMILES string of the molecule is CCc1cc2c(cc1N1CCN(CC3CC(N4C[C@H](NC(=O)OC(C)(C)C)C5(CC5)C4)C3)CC1)C(C)(C)c1[nH]c3cc(C#N)ccc3c1C2=O. The number of nitrogens with one attached hydrogen (secondary N) is 2. The number of hydrogen-bond acceptors (Lipinski definition) is 7. The number of benzene rings is 2. The molecule has 2 saturated carbocycles. The van der Waals surface area contributed by atoms with Crippen LogP contribution in [0.15, 0.2) is 30.3 Å². The van der Waals surface area contributed by atoms with Crippen LogP contribution < -0.4 is 10.2 Å². The van der Waals surface area contributed by atoms with Gasteiger partial charge in [0.15, 0.2) is 5.78 Å². The van der Waals surface area contributed by atoms with Crippen molar-refractivity contribution in [3.05, 3.63) is 63.8 Å². The van der Waals surface area contributed by atoms with Crippen LogP contribution in [-0.2, 0) is 16.6 Å². The van der Waals surface area contributed by atoms with Gasteiger partial charge in [0.2, 0.25) is 0 Å². The van der Waals surface area contributed by atoms with Crippen molar-refractivity contribution in [1.82, 2.24) is 20.1 Å².